The van der Waals surface area contributed by atoms with Gasteiger partial charge in [-0.3, -0.25) is 4.98 Å². The van der Waals surface area contributed by atoms with Crippen molar-refractivity contribution in [1.82, 2.24) is 4.98 Å². The van der Waals surface area contributed by atoms with Gasteiger partial charge in [0.15, 0.2) is 0 Å². The molecule has 0 amide bonds. The lowest BCUT2D eigenvalue weighted by Crippen LogP contribution is -2.42. The summed E-state index contributed by atoms with van der Waals surface area (Å²) in [5, 5.41) is 12.3. The average Bonchev–Trinajstić information content (AvgIpc) is 2.32. The third-order valence-electron chi connectivity index (χ3n) is 3.21. The first-order chi connectivity index (χ1) is 8.18. The fraction of sp³-hybridized carbons (Fsp3) is 0.500. The molecular formula is C12H17N3O2. The summed E-state index contributed by atoms with van der Waals surface area (Å²) in [6.45, 7) is 0. The van der Waals surface area contributed by atoms with Crippen molar-refractivity contribution in [3.8, 4) is 0 Å². The third-order valence-corrected chi connectivity index (χ3v) is 3.21. The Morgan fingerprint density at radius 3 is 2.94 bits per heavy atom. The van der Waals surface area contributed by atoms with E-state index in [4.69, 9.17) is 10.8 Å². The molecule has 5 nitrogen and oxygen atoms in total. The Bertz CT molecular complexity index is 408. The van der Waals surface area contributed by atoms with Crippen molar-refractivity contribution in [2.24, 2.45) is 5.73 Å². The summed E-state index contributed by atoms with van der Waals surface area (Å²) in [5.41, 5.74) is 6.83. The SMILES string of the molecule is NC1CCCCC1Nc1cnccc1C(=O)O. The molecule has 1 aromatic rings. The molecule has 1 heterocycles. The molecular weight excluding hydrogens is 218 g/mol. The van der Waals surface area contributed by atoms with E-state index in [9.17, 15) is 4.79 Å². The van der Waals surface area contributed by atoms with Crippen molar-refractivity contribution >= 4 is 11.7 Å². The van der Waals surface area contributed by atoms with Crippen molar-refractivity contribution in [3.63, 3.8) is 0 Å². The summed E-state index contributed by atoms with van der Waals surface area (Å²) in [6.07, 6.45) is 7.28. The van der Waals surface area contributed by atoms with Crippen LogP contribution in [0.5, 0.6) is 0 Å². The molecule has 5 heteroatoms. The second-order valence-corrected chi connectivity index (χ2v) is 4.43. The molecule has 1 fully saturated rings. The number of rotatable bonds is 3. The Labute approximate surface area is 100 Å². The molecule has 1 saturated carbocycles. The molecule has 17 heavy (non-hydrogen) atoms. The summed E-state index contributed by atoms with van der Waals surface area (Å²) in [4.78, 5) is 15.0. The van der Waals surface area contributed by atoms with Crippen LogP contribution < -0.4 is 11.1 Å². The van der Waals surface area contributed by atoms with Crippen LogP contribution in [0.2, 0.25) is 0 Å². The van der Waals surface area contributed by atoms with Gasteiger partial charge >= 0.3 is 5.97 Å². The van der Waals surface area contributed by atoms with Crippen molar-refractivity contribution in [2.45, 2.75) is 37.8 Å². The standard InChI is InChI=1S/C12H17N3O2/c13-9-3-1-2-4-10(9)15-11-7-14-6-5-8(11)12(16)17/h5-7,9-10,15H,1-4,13H2,(H,16,17). The first kappa shape index (κ1) is 11.9. The van der Waals surface area contributed by atoms with Crippen LogP contribution in [0.15, 0.2) is 18.5 Å². The molecule has 1 aliphatic rings. The number of nitrogens with two attached hydrogens (primary N) is 1. The molecule has 2 rings (SSSR count). The highest BCUT2D eigenvalue weighted by Crippen LogP contribution is 2.22. The largest absolute Gasteiger partial charge is 0.478 e. The predicted octanol–water partition coefficient (Wildman–Crippen LogP) is 1.46. The normalized spacial score (nSPS) is 24.3. The van der Waals surface area contributed by atoms with E-state index in [2.05, 4.69) is 10.3 Å². The van der Waals surface area contributed by atoms with Gasteiger partial charge in [0.2, 0.25) is 0 Å². The number of hydrogen-bond acceptors (Lipinski definition) is 4. The van der Waals surface area contributed by atoms with Crippen LogP contribution in [0.4, 0.5) is 5.69 Å². The Balaban J connectivity index is 2.14. The van der Waals surface area contributed by atoms with E-state index >= 15 is 0 Å². The van der Waals surface area contributed by atoms with Crippen LogP contribution in [-0.4, -0.2) is 28.1 Å². The van der Waals surface area contributed by atoms with Gasteiger partial charge in [-0.15, -0.1) is 0 Å². The van der Waals surface area contributed by atoms with Gasteiger partial charge in [-0.25, -0.2) is 4.79 Å². The molecule has 0 saturated heterocycles. The van der Waals surface area contributed by atoms with Crippen LogP contribution in [0.25, 0.3) is 0 Å². The lowest BCUT2D eigenvalue weighted by molar-refractivity contribution is 0.0697. The maximum absolute atomic E-state index is 11.0. The molecule has 0 radical (unpaired) electrons. The van der Waals surface area contributed by atoms with E-state index in [0.717, 1.165) is 25.7 Å². The maximum atomic E-state index is 11.0. The number of aromatic carboxylic acids is 1. The zero-order valence-corrected chi connectivity index (χ0v) is 9.60. The minimum atomic E-state index is -0.945. The number of nitrogens with one attached hydrogen (secondary N) is 1. The average molecular weight is 235 g/mol. The number of anilines is 1. The van der Waals surface area contributed by atoms with Crippen LogP contribution in [0.3, 0.4) is 0 Å². The van der Waals surface area contributed by atoms with E-state index in [1.807, 2.05) is 0 Å². The zero-order valence-electron chi connectivity index (χ0n) is 9.60. The van der Waals surface area contributed by atoms with Crippen LogP contribution in [0.1, 0.15) is 36.0 Å². The van der Waals surface area contributed by atoms with Crippen LogP contribution in [0, 0.1) is 0 Å². The lowest BCUT2D eigenvalue weighted by Gasteiger charge is -2.30. The Morgan fingerprint density at radius 2 is 2.24 bits per heavy atom. The van der Waals surface area contributed by atoms with Crippen molar-refractivity contribution in [2.75, 3.05) is 5.32 Å². The summed E-state index contributed by atoms with van der Waals surface area (Å²) in [5.74, 6) is -0.945. The first-order valence-electron chi connectivity index (χ1n) is 5.88. The molecule has 0 spiro atoms. The summed E-state index contributed by atoms with van der Waals surface area (Å²) in [6, 6.07) is 1.73. The fourth-order valence-corrected chi connectivity index (χ4v) is 2.23. The van der Waals surface area contributed by atoms with Gasteiger partial charge in [0.25, 0.3) is 0 Å². The van der Waals surface area contributed by atoms with Crippen LogP contribution >= 0.6 is 0 Å². The third kappa shape index (κ3) is 2.74. The number of pyridine rings is 1. The Morgan fingerprint density at radius 1 is 1.47 bits per heavy atom. The van der Waals surface area contributed by atoms with Crippen LogP contribution in [-0.2, 0) is 0 Å². The van der Waals surface area contributed by atoms with Gasteiger partial charge in [-0.05, 0) is 18.9 Å². The number of carboxylic acids is 1. The van der Waals surface area contributed by atoms with Gasteiger partial charge in [-0.1, -0.05) is 12.8 Å². The Kier molecular flexibility index (Phi) is 3.58. The molecule has 92 valence electrons. The van der Waals surface area contributed by atoms with Gasteiger partial charge in [0.05, 0.1) is 17.4 Å². The quantitative estimate of drug-likeness (QED) is 0.738. The topological polar surface area (TPSA) is 88.2 Å². The number of carboxylic acid groups (broad SMARTS) is 1. The van der Waals surface area contributed by atoms with Crippen molar-refractivity contribution in [3.05, 3.63) is 24.0 Å². The number of nitrogens with zero attached hydrogens (tertiary/aromatic N) is 1. The summed E-state index contributed by atoms with van der Waals surface area (Å²) < 4.78 is 0. The van der Waals surface area contributed by atoms with Crippen molar-refractivity contribution < 1.29 is 9.90 Å². The maximum Gasteiger partial charge on any atom is 0.337 e. The highest BCUT2D eigenvalue weighted by atomic mass is 16.4. The minimum absolute atomic E-state index is 0.0885. The highest BCUT2D eigenvalue weighted by molar-refractivity contribution is 5.93. The van der Waals surface area contributed by atoms with E-state index in [1.54, 1.807) is 6.20 Å². The second-order valence-electron chi connectivity index (χ2n) is 4.43. The fourth-order valence-electron chi connectivity index (χ4n) is 2.23. The predicted molar refractivity (Wildman–Crippen MR) is 65.1 cm³/mol. The molecule has 0 aromatic carbocycles. The monoisotopic (exact) mass is 235 g/mol. The van der Waals surface area contributed by atoms with E-state index in [0.29, 0.717) is 5.69 Å². The van der Waals surface area contributed by atoms with Gasteiger partial charge < -0.3 is 16.2 Å². The van der Waals surface area contributed by atoms with E-state index in [-0.39, 0.29) is 17.6 Å². The van der Waals surface area contributed by atoms with Crippen molar-refractivity contribution in [1.29, 1.82) is 0 Å². The molecule has 0 bridgehead atoms. The smallest absolute Gasteiger partial charge is 0.337 e. The van der Waals surface area contributed by atoms with E-state index < -0.39 is 5.97 Å². The molecule has 2 atom stereocenters. The number of hydrogen-bond donors (Lipinski definition) is 3. The number of carbonyl (C=O) groups is 1. The minimum Gasteiger partial charge on any atom is -0.478 e. The van der Waals surface area contributed by atoms with Gasteiger partial charge in [-0.2, -0.15) is 0 Å². The van der Waals surface area contributed by atoms with E-state index in [1.165, 1.54) is 12.3 Å². The highest BCUT2D eigenvalue weighted by Gasteiger charge is 2.23. The molecule has 1 aromatic heterocycles. The second kappa shape index (κ2) is 5.14. The molecule has 1 aliphatic carbocycles. The Hall–Kier alpha value is -1.62. The van der Waals surface area contributed by atoms with Gasteiger partial charge in [0, 0.05) is 18.3 Å². The summed E-state index contributed by atoms with van der Waals surface area (Å²) >= 11 is 0. The first-order valence-corrected chi connectivity index (χ1v) is 5.88. The zero-order chi connectivity index (χ0) is 12.3. The number of aromatic nitrogens is 1. The molecule has 4 N–H and O–H groups in total. The van der Waals surface area contributed by atoms with Gasteiger partial charge in [0.1, 0.15) is 0 Å². The molecule has 0 aliphatic heterocycles. The summed E-state index contributed by atoms with van der Waals surface area (Å²) in [7, 11) is 0. The molecule has 2 unspecified atom stereocenters. The lowest BCUT2D eigenvalue weighted by atomic mass is 9.91.